The zero-order chi connectivity index (χ0) is 13.5. The first kappa shape index (κ1) is 14.4. The second kappa shape index (κ2) is 6.96. The third-order valence-corrected chi connectivity index (χ3v) is 3.13. The number of amidine groups is 1. The number of oxime groups is 1. The number of nitrogens with zero attached hydrogens (tertiary/aromatic N) is 2. The summed E-state index contributed by atoms with van der Waals surface area (Å²) in [5.74, 6) is 1.34. The van der Waals surface area contributed by atoms with Crippen LogP contribution in [0.15, 0.2) is 23.5 Å². The van der Waals surface area contributed by atoms with Crippen LogP contribution >= 0.6 is 0 Å². The molecule has 1 aromatic heterocycles. The van der Waals surface area contributed by atoms with Crippen LogP contribution in [-0.4, -0.2) is 22.6 Å². The van der Waals surface area contributed by atoms with Crippen LogP contribution in [0.25, 0.3) is 0 Å². The lowest BCUT2D eigenvalue weighted by Gasteiger charge is -2.16. The predicted molar refractivity (Wildman–Crippen MR) is 72.5 cm³/mol. The van der Waals surface area contributed by atoms with Crippen molar-refractivity contribution in [2.45, 2.75) is 27.3 Å². The van der Waals surface area contributed by atoms with E-state index < -0.39 is 0 Å². The van der Waals surface area contributed by atoms with Gasteiger partial charge in [0.05, 0.1) is 0 Å². The second-order valence-electron chi connectivity index (χ2n) is 4.89. The number of nitrogens with two attached hydrogens (primary N) is 1. The summed E-state index contributed by atoms with van der Waals surface area (Å²) in [4.78, 5) is 4.04. The zero-order valence-corrected chi connectivity index (χ0v) is 11.2. The van der Waals surface area contributed by atoms with E-state index in [1.165, 1.54) is 0 Å². The van der Waals surface area contributed by atoms with Gasteiger partial charge in [0.15, 0.2) is 5.84 Å². The number of pyridine rings is 1. The Balaban J connectivity index is 2.53. The summed E-state index contributed by atoms with van der Waals surface area (Å²) in [6, 6.07) is 3.74. The lowest BCUT2D eigenvalue weighted by Crippen LogP contribution is -2.24. The van der Waals surface area contributed by atoms with Gasteiger partial charge in [0.1, 0.15) is 5.69 Å². The number of hydrogen-bond donors (Lipinski definition) is 3. The average molecular weight is 250 g/mol. The molecule has 100 valence electrons. The fraction of sp³-hybridized carbons (Fsp3) is 0.538. The Kier molecular flexibility index (Phi) is 5.58. The average Bonchev–Trinajstić information content (AvgIpc) is 2.37. The van der Waals surface area contributed by atoms with Crippen LogP contribution in [0.5, 0.6) is 0 Å². The highest BCUT2D eigenvalue weighted by atomic mass is 16.4. The normalized spacial score (nSPS) is 13.9. The minimum atomic E-state index is 0.0346. The fourth-order valence-electron chi connectivity index (χ4n) is 1.46. The summed E-state index contributed by atoms with van der Waals surface area (Å²) in [6.07, 6.45) is 1.66. The topological polar surface area (TPSA) is 83.5 Å². The van der Waals surface area contributed by atoms with Gasteiger partial charge in [0.25, 0.3) is 0 Å². The van der Waals surface area contributed by atoms with E-state index in [0.29, 0.717) is 17.5 Å². The second-order valence-corrected chi connectivity index (χ2v) is 4.89. The molecule has 18 heavy (non-hydrogen) atoms. The zero-order valence-electron chi connectivity index (χ0n) is 11.2. The molecule has 1 rings (SSSR count). The van der Waals surface area contributed by atoms with E-state index in [-0.39, 0.29) is 5.84 Å². The third-order valence-electron chi connectivity index (χ3n) is 3.13. The SMILES string of the molecule is CC(C)C(C)CNCc1ccnc(C(N)=NO)c1. The Morgan fingerprint density at radius 2 is 2.22 bits per heavy atom. The highest BCUT2D eigenvalue weighted by molar-refractivity contribution is 5.95. The first-order chi connectivity index (χ1) is 8.54. The van der Waals surface area contributed by atoms with E-state index in [0.717, 1.165) is 18.7 Å². The van der Waals surface area contributed by atoms with E-state index in [2.05, 4.69) is 36.2 Å². The molecule has 1 unspecified atom stereocenters. The molecule has 1 aromatic rings. The summed E-state index contributed by atoms with van der Waals surface area (Å²) in [5, 5.41) is 14.9. The van der Waals surface area contributed by atoms with Gasteiger partial charge in [-0.15, -0.1) is 0 Å². The highest BCUT2D eigenvalue weighted by Crippen LogP contribution is 2.08. The van der Waals surface area contributed by atoms with Crippen LogP contribution in [-0.2, 0) is 6.54 Å². The molecular weight excluding hydrogens is 228 g/mol. The summed E-state index contributed by atoms with van der Waals surface area (Å²) in [6.45, 7) is 8.39. The van der Waals surface area contributed by atoms with Gasteiger partial charge >= 0.3 is 0 Å². The van der Waals surface area contributed by atoms with Crippen molar-refractivity contribution in [2.75, 3.05) is 6.54 Å². The van der Waals surface area contributed by atoms with Crippen LogP contribution in [0.2, 0.25) is 0 Å². The number of hydrogen-bond acceptors (Lipinski definition) is 4. The fourth-order valence-corrected chi connectivity index (χ4v) is 1.46. The smallest absolute Gasteiger partial charge is 0.188 e. The van der Waals surface area contributed by atoms with E-state index in [4.69, 9.17) is 10.9 Å². The molecule has 5 heteroatoms. The maximum absolute atomic E-state index is 8.60. The molecule has 5 nitrogen and oxygen atoms in total. The van der Waals surface area contributed by atoms with Gasteiger partial charge in [-0.1, -0.05) is 25.9 Å². The van der Waals surface area contributed by atoms with Crippen molar-refractivity contribution in [1.29, 1.82) is 0 Å². The van der Waals surface area contributed by atoms with Gasteiger partial charge in [-0.2, -0.15) is 0 Å². The van der Waals surface area contributed by atoms with Gasteiger partial charge in [0, 0.05) is 12.7 Å². The molecule has 0 spiro atoms. The van der Waals surface area contributed by atoms with E-state index in [1.54, 1.807) is 6.20 Å². The molecule has 0 bridgehead atoms. The lowest BCUT2D eigenvalue weighted by atomic mass is 9.98. The van der Waals surface area contributed by atoms with Crippen LogP contribution in [0.1, 0.15) is 32.0 Å². The number of nitrogens with one attached hydrogen (secondary N) is 1. The molecule has 0 aliphatic rings. The maximum Gasteiger partial charge on any atom is 0.188 e. The first-order valence-electron chi connectivity index (χ1n) is 6.18. The molecule has 0 saturated heterocycles. The lowest BCUT2D eigenvalue weighted by molar-refractivity contribution is 0.318. The standard InChI is InChI=1S/C13H22N4O/c1-9(2)10(3)7-15-8-11-4-5-16-12(6-11)13(14)17-18/h4-6,9-10,15,18H,7-8H2,1-3H3,(H2,14,17). The predicted octanol–water partition coefficient (Wildman–Crippen LogP) is 1.56. The van der Waals surface area contributed by atoms with Crippen LogP contribution in [0, 0.1) is 11.8 Å². The van der Waals surface area contributed by atoms with Crippen molar-refractivity contribution >= 4 is 5.84 Å². The van der Waals surface area contributed by atoms with Crippen LogP contribution in [0.3, 0.4) is 0 Å². The third kappa shape index (κ3) is 4.33. The van der Waals surface area contributed by atoms with Crippen molar-refractivity contribution in [1.82, 2.24) is 10.3 Å². The van der Waals surface area contributed by atoms with Crippen LogP contribution < -0.4 is 11.1 Å². The molecule has 0 radical (unpaired) electrons. The van der Waals surface area contributed by atoms with Gasteiger partial charge < -0.3 is 16.3 Å². The Labute approximate surface area is 108 Å². The largest absolute Gasteiger partial charge is 0.409 e. The molecule has 0 aliphatic carbocycles. The monoisotopic (exact) mass is 250 g/mol. The molecule has 1 atom stereocenters. The minimum Gasteiger partial charge on any atom is -0.409 e. The van der Waals surface area contributed by atoms with E-state index >= 15 is 0 Å². The Morgan fingerprint density at radius 3 is 2.83 bits per heavy atom. The summed E-state index contributed by atoms with van der Waals surface area (Å²) in [7, 11) is 0. The Bertz CT molecular complexity index is 404. The van der Waals surface area contributed by atoms with Crippen molar-refractivity contribution in [3.8, 4) is 0 Å². The van der Waals surface area contributed by atoms with Crippen molar-refractivity contribution < 1.29 is 5.21 Å². The molecule has 0 amide bonds. The quantitative estimate of drug-likeness (QED) is 0.309. The number of rotatable bonds is 6. The summed E-state index contributed by atoms with van der Waals surface area (Å²) >= 11 is 0. The highest BCUT2D eigenvalue weighted by Gasteiger charge is 2.06. The van der Waals surface area contributed by atoms with Gasteiger partial charge in [-0.3, -0.25) is 4.98 Å². The summed E-state index contributed by atoms with van der Waals surface area (Å²) < 4.78 is 0. The Morgan fingerprint density at radius 1 is 1.50 bits per heavy atom. The van der Waals surface area contributed by atoms with Crippen molar-refractivity contribution in [2.24, 2.45) is 22.7 Å². The van der Waals surface area contributed by atoms with Gasteiger partial charge in [-0.25, -0.2) is 0 Å². The number of aromatic nitrogens is 1. The van der Waals surface area contributed by atoms with E-state index in [1.807, 2.05) is 12.1 Å². The molecule has 0 saturated carbocycles. The van der Waals surface area contributed by atoms with Crippen LogP contribution in [0.4, 0.5) is 0 Å². The van der Waals surface area contributed by atoms with Gasteiger partial charge in [0.2, 0.25) is 0 Å². The summed E-state index contributed by atoms with van der Waals surface area (Å²) in [5.41, 5.74) is 7.06. The van der Waals surface area contributed by atoms with E-state index in [9.17, 15) is 0 Å². The van der Waals surface area contributed by atoms with Crippen molar-refractivity contribution in [3.05, 3.63) is 29.6 Å². The van der Waals surface area contributed by atoms with Gasteiger partial charge in [-0.05, 0) is 36.1 Å². The molecule has 0 aromatic carbocycles. The molecule has 0 aliphatic heterocycles. The molecular formula is C13H22N4O. The first-order valence-corrected chi connectivity index (χ1v) is 6.18. The Hall–Kier alpha value is -1.62. The molecule has 1 heterocycles. The minimum absolute atomic E-state index is 0.0346. The molecule has 4 N–H and O–H groups in total. The maximum atomic E-state index is 8.60. The van der Waals surface area contributed by atoms with Crippen molar-refractivity contribution in [3.63, 3.8) is 0 Å². The molecule has 0 fully saturated rings.